The van der Waals surface area contributed by atoms with Crippen LogP contribution in [0.5, 0.6) is 0 Å². The van der Waals surface area contributed by atoms with E-state index < -0.39 is 35.3 Å². The molecule has 10 nitrogen and oxygen atoms in total. The molecule has 2 fully saturated rings. The van der Waals surface area contributed by atoms with Gasteiger partial charge in [-0.25, -0.2) is 9.59 Å². The number of ether oxygens (including phenoxy) is 2. The number of aliphatic carboxylic acids is 2. The number of carbonyl (C=O) groups is 4. The van der Waals surface area contributed by atoms with E-state index in [0.29, 0.717) is 38.8 Å². The van der Waals surface area contributed by atoms with Gasteiger partial charge in [0.25, 0.3) is 0 Å². The highest BCUT2D eigenvalue weighted by Gasteiger charge is 2.35. The first-order valence-corrected chi connectivity index (χ1v) is 10.9. The smallest absolute Gasteiger partial charge is 0.407 e. The third-order valence-corrected chi connectivity index (χ3v) is 5.04. The molecule has 2 amide bonds. The number of hydrogen-bond acceptors (Lipinski definition) is 6. The second-order valence-corrected chi connectivity index (χ2v) is 10.5. The molecule has 2 aliphatic rings. The lowest BCUT2D eigenvalue weighted by Gasteiger charge is -2.32. The second-order valence-electron chi connectivity index (χ2n) is 10.5. The lowest BCUT2D eigenvalue weighted by atomic mass is 9.75. The molecular weight excluding hydrogens is 420 g/mol. The Morgan fingerprint density at radius 2 is 0.969 bits per heavy atom. The lowest BCUT2D eigenvalue weighted by Crippen LogP contribution is -2.40. The first kappa shape index (κ1) is 27.5. The highest BCUT2D eigenvalue weighted by Crippen LogP contribution is 2.33. The van der Waals surface area contributed by atoms with Crippen LogP contribution in [0.25, 0.3) is 0 Å². The molecule has 0 bridgehead atoms. The van der Waals surface area contributed by atoms with Gasteiger partial charge in [-0.05, 0) is 79.1 Å². The number of carboxylic acid groups (broad SMARTS) is 2. The Morgan fingerprint density at radius 1 is 0.688 bits per heavy atom. The average Bonchev–Trinajstić information content (AvgIpc) is 2.48. The Kier molecular flexibility index (Phi) is 9.78. The van der Waals surface area contributed by atoms with Crippen LogP contribution in [0.2, 0.25) is 0 Å². The number of amides is 2. The predicted molar refractivity (Wildman–Crippen MR) is 116 cm³/mol. The molecule has 0 atom stereocenters. The minimum Gasteiger partial charge on any atom is -0.481 e. The van der Waals surface area contributed by atoms with E-state index in [0.717, 1.165) is 0 Å². The second kappa shape index (κ2) is 11.4. The van der Waals surface area contributed by atoms with Crippen LogP contribution in [-0.4, -0.2) is 58.6 Å². The van der Waals surface area contributed by atoms with E-state index in [9.17, 15) is 19.2 Å². The van der Waals surface area contributed by atoms with Crippen molar-refractivity contribution >= 4 is 24.1 Å². The maximum atomic E-state index is 11.3. The van der Waals surface area contributed by atoms with Gasteiger partial charge in [0.2, 0.25) is 0 Å². The van der Waals surface area contributed by atoms with Gasteiger partial charge in [0, 0.05) is 13.1 Å². The van der Waals surface area contributed by atoms with Crippen molar-refractivity contribution in [3.8, 4) is 0 Å². The summed E-state index contributed by atoms with van der Waals surface area (Å²) in [4.78, 5) is 43.6. The number of hydrogen-bond donors (Lipinski definition) is 4. The van der Waals surface area contributed by atoms with E-state index in [1.807, 2.05) is 0 Å². The van der Waals surface area contributed by atoms with Crippen molar-refractivity contribution in [3.63, 3.8) is 0 Å². The topological polar surface area (TPSA) is 151 Å². The third kappa shape index (κ3) is 11.2. The summed E-state index contributed by atoms with van der Waals surface area (Å²) in [5.74, 6) is -1.40. The summed E-state index contributed by atoms with van der Waals surface area (Å²) in [6, 6.07) is 0. The fraction of sp³-hybridized carbons (Fsp3) is 0.818. The Labute approximate surface area is 189 Å². The minimum absolute atomic E-state index is 0.231. The van der Waals surface area contributed by atoms with Crippen LogP contribution in [0.1, 0.15) is 67.2 Å². The van der Waals surface area contributed by atoms with Crippen molar-refractivity contribution < 1.29 is 38.9 Å². The normalized spacial score (nSPS) is 24.4. The van der Waals surface area contributed by atoms with Crippen LogP contribution in [0, 0.1) is 23.7 Å². The summed E-state index contributed by atoms with van der Waals surface area (Å²) in [5.41, 5.74) is -0.986. The standard InChI is InChI=1S/2C11H19NO4/c2*1-11(2,3)16-10(15)12-6-7-4-8(5-7)9(13)14/h2*7-8H,4-6H2,1-3H3,(H,12,15)(H,13,14). The summed E-state index contributed by atoms with van der Waals surface area (Å²) in [6.07, 6.45) is 1.70. The lowest BCUT2D eigenvalue weighted by molar-refractivity contribution is -0.147. The van der Waals surface area contributed by atoms with E-state index in [1.54, 1.807) is 41.5 Å². The first-order valence-electron chi connectivity index (χ1n) is 10.9. The first-order chi connectivity index (χ1) is 14.6. The van der Waals surface area contributed by atoms with Crippen molar-refractivity contribution in [3.05, 3.63) is 0 Å². The fourth-order valence-electron chi connectivity index (χ4n) is 3.29. The Morgan fingerprint density at radius 3 is 1.19 bits per heavy atom. The molecule has 2 aliphatic carbocycles. The van der Waals surface area contributed by atoms with Gasteiger partial charge < -0.3 is 30.3 Å². The average molecular weight is 459 g/mol. The highest BCUT2D eigenvalue weighted by atomic mass is 16.6. The zero-order chi connectivity index (χ0) is 24.7. The van der Waals surface area contributed by atoms with E-state index in [2.05, 4.69) is 10.6 Å². The van der Waals surface area contributed by atoms with Gasteiger partial charge in [0.15, 0.2) is 0 Å². The van der Waals surface area contributed by atoms with E-state index in [4.69, 9.17) is 19.7 Å². The van der Waals surface area contributed by atoms with Gasteiger partial charge in [-0.2, -0.15) is 0 Å². The van der Waals surface area contributed by atoms with E-state index in [1.165, 1.54) is 0 Å². The summed E-state index contributed by atoms with van der Waals surface area (Å²) >= 11 is 0. The monoisotopic (exact) mass is 458 g/mol. The molecule has 4 N–H and O–H groups in total. The summed E-state index contributed by atoms with van der Waals surface area (Å²) in [6.45, 7) is 11.8. The molecule has 0 aliphatic heterocycles. The largest absolute Gasteiger partial charge is 0.481 e. The van der Waals surface area contributed by atoms with Gasteiger partial charge >= 0.3 is 24.1 Å². The highest BCUT2D eigenvalue weighted by molar-refractivity contribution is 5.72. The number of rotatable bonds is 6. The molecule has 32 heavy (non-hydrogen) atoms. The van der Waals surface area contributed by atoms with Gasteiger partial charge in [0.1, 0.15) is 11.2 Å². The Hall–Kier alpha value is -2.52. The molecule has 0 aromatic carbocycles. The molecule has 0 radical (unpaired) electrons. The molecule has 184 valence electrons. The molecule has 0 spiro atoms. The maximum Gasteiger partial charge on any atom is 0.407 e. The van der Waals surface area contributed by atoms with Crippen molar-refractivity contribution in [2.75, 3.05) is 13.1 Å². The van der Waals surface area contributed by atoms with Crippen molar-refractivity contribution in [2.45, 2.75) is 78.4 Å². The summed E-state index contributed by atoms with van der Waals surface area (Å²) in [5, 5.41) is 22.6. The summed E-state index contributed by atoms with van der Waals surface area (Å²) in [7, 11) is 0. The Balaban J connectivity index is 0.000000320. The molecule has 0 aromatic rings. The van der Waals surface area contributed by atoms with Crippen LogP contribution in [0.15, 0.2) is 0 Å². The number of nitrogens with one attached hydrogen (secondary N) is 2. The molecule has 0 aromatic heterocycles. The molecular formula is C22H38N2O8. The van der Waals surface area contributed by atoms with Crippen LogP contribution >= 0.6 is 0 Å². The molecule has 0 unspecified atom stereocenters. The zero-order valence-electron chi connectivity index (χ0n) is 19.9. The van der Waals surface area contributed by atoms with E-state index in [-0.39, 0.29) is 23.7 Å². The van der Waals surface area contributed by atoms with Gasteiger partial charge in [-0.1, -0.05) is 0 Å². The van der Waals surface area contributed by atoms with Crippen molar-refractivity contribution in [1.82, 2.24) is 10.6 Å². The number of alkyl carbamates (subject to hydrolysis) is 2. The van der Waals surface area contributed by atoms with Crippen LogP contribution < -0.4 is 10.6 Å². The third-order valence-electron chi connectivity index (χ3n) is 5.04. The van der Waals surface area contributed by atoms with E-state index >= 15 is 0 Å². The number of carboxylic acids is 2. The minimum atomic E-state index is -0.742. The molecule has 2 saturated carbocycles. The van der Waals surface area contributed by atoms with Gasteiger partial charge in [-0.3, -0.25) is 9.59 Å². The van der Waals surface area contributed by atoms with Crippen molar-refractivity contribution in [2.24, 2.45) is 23.7 Å². The molecule has 0 heterocycles. The van der Waals surface area contributed by atoms with Crippen LogP contribution in [0.4, 0.5) is 9.59 Å². The molecule has 0 saturated heterocycles. The molecule has 10 heteroatoms. The molecule has 2 rings (SSSR count). The Bertz CT molecular complexity index is 610. The quantitative estimate of drug-likeness (QED) is 0.473. The number of carbonyl (C=O) groups excluding carboxylic acids is 2. The van der Waals surface area contributed by atoms with Crippen LogP contribution in [0.3, 0.4) is 0 Å². The fourth-order valence-corrected chi connectivity index (χ4v) is 3.29. The maximum absolute atomic E-state index is 11.3. The summed E-state index contributed by atoms with van der Waals surface area (Å²) < 4.78 is 10.1. The van der Waals surface area contributed by atoms with Crippen molar-refractivity contribution in [1.29, 1.82) is 0 Å². The van der Waals surface area contributed by atoms with Gasteiger partial charge in [0.05, 0.1) is 11.8 Å². The zero-order valence-corrected chi connectivity index (χ0v) is 19.9. The SMILES string of the molecule is CC(C)(C)OC(=O)NCC1CC(C(=O)O)C1.CC(C)(C)OC(=O)NCC1CC(C(=O)O)C1. The van der Waals surface area contributed by atoms with Crippen LogP contribution in [-0.2, 0) is 19.1 Å². The van der Waals surface area contributed by atoms with Gasteiger partial charge in [-0.15, -0.1) is 0 Å². The predicted octanol–water partition coefficient (Wildman–Crippen LogP) is 3.24.